The van der Waals surface area contributed by atoms with Gasteiger partial charge < -0.3 is 16.2 Å². The molecule has 0 aliphatic rings. The van der Waals surface area contributed by atoms with E-state index >= 15 is 0 Å². The Morgan fingerprint density at radius 1 is 1.19 bits per heavy atom. The standard InChI is InChI=1S/C13H12ClFN2O3S/c1-21(18,19)8-4-2-3-7(5-8)20-13-10(17)6-9(16)11(14)12(13)15/h2-6H,16-17H2,1H3. The number of nitrogens with two attached hydrogens (primary N) is 2. The first kappa shape index (κ1) is 15.4. The van der Waals surface area contributed by atoms with Crippen LogP contribution in [0, 0.1) is 5.82 Å². The Morgan fingerprint density at radius 3 is 2.48 bits per heavy atom. The highest BCUT2D eigenvalue weighted by atomic mass is 35.5. The van der Waals surface area contributed by atoms with Crippen molar-refractivity contribution in [1.29, 1.82) is 0 Å². The highest BCUT2D eigenvalue weighted by Gasteiger charge is 2.17. The van der Waals surface area contributed by atoms with Crippen LogP contribution in [-0.2, 0) is 9.84 Å². The minimum Gasteiger partial charge on any atom is -0.452 e. The first-order valence-corrected chi connectivity index (χ1v) is 7.98. The Kier molecular flexibility index (Phi) is 3.97. The summed E-state index contributed by atoms with van der Waals surface area (Å²) in [6.07, 6.45) is 1.06. The summed E-state index contributed by atoms with van der Waals surface area (Å²) in [7, 11) is -3.40. The largest absolute Gasteiger partial charge is 0.452 e. The topological polar surface area (TPSA) is 95.4 Å². The maximum atomic E-state index is 14.0. The molecule has 0 atom stereocenters. The average molecular weight is 331 g/mol. The predicted octanol–water partition coefficient (Wildman–Crippen LogP) is 2.84. The highest BCUT2D eigenvalue weighted by molar-refractivity contribution is 7.90. The van der Waals surface area contributed by atoms with Gasteiger partial charge >= 0.3 is 0 Å². The van der Waals surface area contributed by atoms with E-state index in [1.54, 1.807) is 0 Å². The number of anilines is 2. The molecule has 4 N–H and O–H groups in total. The quantitative estimate of drug-likeness (QED) is 0.844. The van der Waals surface area contributed by atoms with Crippen molar-refractivity contribution in [3.8, 4) is 11.5 Å². The fourth-order valence-corrected chi connectivity index (χ4v) is 2.44. The van der Waals surface area contributed by atoms with Gasteiger partial charge in [0, 0.05) is 6.26 Å². The number of benzene rings is 2. The van der Waals surface area contributed by atoms with Crippen molar-refractivity contribution in [3.05, 3.63) is 41.2 Å². The number of halogens is 2. The van der Waals surface area contributed by atoms with Crippen LogP contribution in [0.5, 0.6) is 11.5 Å². The first-order valence-electron chi connectivity index (χ1n) is 5.71. The molecule has 112 valence electrons. The van der Waals surface area contributed by atoms with E-state index in [1.165, 1.54) is 30.3 Å². The van der Waals surface area contributed by atoms with E-state index < -0.39 is 15.7 Å². The van der Waals surface area contributed by atoms with E-state index in [-0.39, 0.29) is 32.8 Å². The van der Waals surface area contributed by atoms with Gasteiger partial charge in [-0.25, -0.2) is 12.8 Å². The molecule has 0 heterocycles. The number of ether oxygens (including phenoxy) is 1. The van der Waals surface area contributed by atoms with Gasteiger partial charge in [0.2, 0.25) is 0 Å². The molecule has 0 bridgehead atoms. The number of nitrogen functional groups attached to an aromatic ring is 2. The second kappa shape index (κ2) is 5.42. The molecule has 8 heteroatoms. The molecule has 0 saturated carbocycles. The van der Waals surface area contributed by atoms with Gasteiger partial charge in [-0.3, -0.25) is 0 Å². The van der Waals surface area contributed by atoms with Crippen molar-refractivity contribution in [1.82, 2.24) is 0 Å². The molecule has 0 amide bonds. The summed E-state index contributed by atoms with van der Waals surface area (Å²) in [6, 6.07) is 6.87. The highest BCUT2D eigenvalue weighted by Crippen LogP contribution is 2.38. The van der Waals surface area contributed by atoms with Gasteiger partial charge in [-0.05, 0) is 24.3 Å². The molecule has 2 aromatic carbocycles. The second-order valence-corrected chi connectivity index (χ2v) is 6.75. The lowest BCUT2D eigenvalue weighted by Gasteiger charge is -2.12. The average Bonchev–Trinajstić information content (AvgIpc) is 2.41. The van der Waals surface area contributed by atoms with Crippen molar-refractivity contribution < 1.29 is 17.5 Å². The lowest BCUT2D eigenvalue weighted by Crippen LogP contribution is -2.01. The lowest BCUT2D eigenvalue weighted by molar-refractivity contribution is 0.444. The molecule has 5 nitrogen and oxygen atoms in total. The third-order valence-corrected chi connectivity index (χ3v) is 4.17. The molecule has 0 unspecified atom stereocenters. The summed E-state index contributed by atoms with van der Waals surface area (Å²) in [5.41, 5.74) is 11.1. The van der Waals surface area contributed by atoms with Gasteiger partial charge in [0.05, 0.1) is 16.3 Å². The summed E-state index contributed by atoms with van der Waals surface area (Å²) in [4.78, 5) is 0.0421. The van der Waals surface area contributed by atoms with Crippen LogP contribution < -0.4 is 16.2 Å². The van der Waals surface area contributed by atoms with Crippen molar-refractivity contribution >= 4 is 32.8 Å². The van der Waals surface area contributed by atoms with Gasteiger partial charge in [-0.2, -0.15) is 0 Å². The van der Waals surface area contributed by atoms with Crippen LogP contribution in [0.1, 0.15) is 0 Å². The maximum Gasteiger partial charge on any atom is 0.188 e. The van der Waals surface area contributed by atoms with Crippen LogP contribution in [-0.4, -0.2) is 14.7 Å². The van der Waals surface area contributed by atoms with Gasteiger partial charge in [0.1, 0.15) is 10.8 Å². The van der Waals surface area contributed by atoms with Crippen LogP contribution in [0.4, 0.5) is 15.8 Å². The molecule has 0 aliphatic carbocycles. The third kappa shape index (κ3) is 3.20. The number of hydrogen-bond donors (Lipinski definition) is 2. The van der Waals surface area contributed by atoms with Crippen molar-refractivity contribution in [3.63, 3.8) is 0 Å². The summed E-state index contributed by atoms with van der Waals surface area (Å²) >= 11 is 5.69. The van der Waals surface area contributed by atoms with Gasteiger partial charge in [-0.1, -0.05) is 17.7 Å². The summed E-state index contributed by atoms with van der Waals surface area (Å²) < 4.78 is 42.3. The lowest BCUT2D eigenvalue weighted by atomic mass is 10.2. The molecule has 2 aromatic rings. The normalized spacial score (nSPS) is 11.4. The van der Waals surface area contributed by atoms with Gasteiger partial charge in [-0.15, -0.1) is 0 Å². The fourth-order valence-electron chi connectivity index (χ4n) is 1.64. The Bertz CT molecular complexity index is 809. The molecule has 0 saturated heterocycles. The summed E-state index contributed by atoms with van der Waals surface area (Å²) in [5.74, 6) is -1.09. The molecule has 0 aliphatic heterocycles. The number of rotatable bonds is 3. The van der Waals surface area contributed by atoms with Crippen molar-refractivity contribution in [2.45, 2.75) is 4.90 Å². The van der Waals surface area contributed by atoms with E-state index in [4.69, 9.17) is 27.8 Å². The van der Waals surface area contributed by atoms with Crippen LogP contribution in [0.2, 0.25) is 5.02 Å². The zero-order chi connectivity index (χ0) is 15.8. The smallest absolute Gasteiger partial charge is 0.188 e. The van der Waals surface area contributed by atoms with E-state index in [9.17, 15) is 12.8 Å². The summed E-state index contributed by atoms with van der Waals surface area (Å²) in [5, 5.41) is -0.307. The maximum absolute atomic E-state index is 14.0. The van der Waals surface area contributed by atoms with Crippen molar-refractivity contribution in [2.24, 2.45) is 0 Å². The monoisotopic (exact) mass is 330 g/mol. The number of hydrogen-bond acceptors (Lipinski definition) is 5. The number of sulfone groups is 1. The van der Waals surface area contributed by atoms with Crippen LogP contribution in [0.3, 0.4) is 0 Å². The Morgan fingerprint density at radius 2 is 1.86 bits per heavy atom. The van der Waals surface area contributed by atoms with Crippen molar-refractivity contribution in [2.75, 3.05) is 17.7 Å². The molecule has 0 aromatic heterocycles. The molecule has 0 radical (unpaired) electrons. The minimum absolute atomic E-state index is 0.0103. The minimum atomic E-state index is -3.40. The van der Waals surface area contributed by atoms with E-state index in [0.717, 1.165) is 6.26 Å². The molecular formula is C13H12ClFN2O3S. The van der Waals surface area contributed by atoms with Crippen LogP contribution >= 0.6 is 11.6 Å². The molecular weight excluding hydrogens is 319 g/mol. The predicted molar refractivity (Wildman–Crippen MR) is 79.9 cm³/mol. The Labute approximate surface area is 126 Å². The fraction of sp³-hybridized carbons (Fsp3) is 0.0769. The molecule has 2 rings (SSSR count). The molecule has 0 spiro atoms. The first-order chi connectivity index (χ1) is 9.70. The van der Waals surface area contributed by atoms with E-state index in [2.05, 4.69) is 0 Å². The zero-order valence-corrected chi connectivity index (χ0v) is 12.5. The zero-order valence-electron chi connectivity index (χ0n) is 10.9. The SMILES string of the molecule is CS(=O)(=O)c1cccc(Oc2c(N)cc(N)c(Cl)c2F)c1. The Balaban J connectivity index is 2.47. The van der Waals surface area contributed by atoms with Gasteiger partial charge in [0.15, 0.2) is 21.4 Å². The van der Waals surface area contributed by atoms with E-state index in [0.29, 0.717) is 0 Å². The molecule has 21 heavy (non-hydrogen) atoms. The van der Waals surface area contributed by atoms with Gasteiger partial charge in [0.25, 0.3) is 0 Å². The van der Waals surface area contributed by atoms with Crippen LogP contribution in [0.15, 0.2) is 35.2 Å². The molecule has 0 fully saturated rings. The third-order valence-electron chi connectivity index (χ3n) is 2.67. The van der Waals surface area contributed by atoms with Crippen LogP contribution in [0.25, 0.3) is 0 Å². The Hall–Kier alpha value is -1.99. The second-order valence-electron chi connectivity index (χ2n) is 4.36. The summed E-state index contributed by atoms with van der Waals surface area (Å²) in [6.45, 7) is 0. The van der Waals surface area contributed by atoms with E-state index in [1.807, 2.05) is 0 Å².